The molecule has 3 N–H and O–H groups in total. The van der Waals surface area contributed by atoms with E-state index in [1.807, 2.05) is 54.7 Å². The Morgan fingerprint density at radius 1 is 1.10 bits per heavy atom. The van der Waals surface area contributed by atoms with Crippen LogP contribution in [-0.2, 0) is 0 Å². The average Bonchev–Trinajstić information content (AvgIpc) is 3.43. The number of pyridine rings is 1. The Bertz CT molecular complexity index is 1620. The zero-order chi connectivity index (χ0) is 28.6. The van der Waals surface area contributed by atoms with Crippen molar-refractivity contribution < 1.29 is 9.53 Å². The second-order valence-electron chi connectivity index (χ2n) is 11.8. The van der Waals surface area contributed by atoms with E-state index in [1.54, 1.807) is 6.20 Å². The van der Waals surface area contributed by atoms with Crippen molar-refractivity contribution in [1.29, 1.82) is 0 Å². The van der Waals surface area contributed by atoms with Crippen LogP contribution in [0.4, 0.5) is 5.69 Å². The molecule has 7 nitrogen and oxygen atoms in total. The number of carbonyl (C=O) groups is 1. The summed E-state index contributed by atoms with van der Waals surface area (Å²) in [5.41, 5.74) is 6.66. The smallest absolute Gasteiger partial charge is 0.259 e. The van der Waals surface area contributed by atoms with E-state index >= 15 is 0 Å². The van der Waals surface area contributed by atoms with E-state index in [1.165, 1.54) is 0 Å². The zero-order valence-electron chi connectivity index (χ0n) is 23.8. The van der Waals surface area contributed by atoms with E-state index in [0.717, 1.165) is 84.6 Å². The van der Waals surface area contributed by atoms with Gasteiger partial charge in [-0.25, -0.2) is 4.98 Å². The summed E-state index contributed by atoms with van der Waals surface area (Å²) in [5, 5.41) is 8.39. The number of nitrogens with zero attached hydrogens (tertiary/aromatic N) is 2. The van der Waals surface area contributed by atoms with Crippen LogP contribution in [0.25, 0.3) is 16.6 Å². The number of ether oxygens (including phenoxy) is 1. The fraction of sp³-hybridized carbons (Fsp3) is 0.333. The van der Waals surface area contributed by atoms with Crippen molar-refractivity contribution in [2.75, 3.05) is 31.1 Å². The first-order valence-electron chi connectivity index (χ1n) is 14.3. The highest BCUT2D eigenvalue weighted by molar-refractivity contribution is 6.30. The molecule has 1 aliphatic heterocycles. The van der Waals surface area contributed by atoms with Crippen LogP contribution in [0.2, 0.25) is 5.02 Å². The van der Waals surface area contributed by atoms with Gasteiger partial charge >= 0.3 is 0 Å². The molecule has 0 unspecified atom stereocenters. The lowest BCUT2D eigenvalue weighted by Gasteiger charge is -2.34. The van der Waals surface area contributed by atoms with Gasteiger partial charge in [0, 0.05) is 48.5 Å². The SMILES string of the molecule is Cc1ccc(C(=O)NC2=C(c3ccc(Cl)cc3)CC(C)(C)CC2)c(Oc2cnc3[nH]ccc3c2)c1N1CCNCC1. The van der Waals surface area contributed by atoms with Crippen LogP contribution in [0.15, 0.2) is 66.6 Å². The minimum Gasteiger partial charge on any atom is -0.453 e. The number of anilines is 1. The van der Waals surface area contributed by atoms with Gasteiger partial charge in [-0.15, -0.1) is 0 Å². The van der Waals surface area contributed by atoms with E-state index < -0.39 is 0 Å². The first-order chi connectivity index (χ1) is 19.8. The number of aromatic amines is 1. The number of piperazine rings is 1. The number of hydrogen-bond acceptors (Lipinski definition) is 5. The van der Waals surface area contributed by atoms with Crippen LogP contribution in [0.3, 0.4) is 0 Å². The van der Waals surface area contributed by atoms with Gasteiger partial charge in [0.15, 0.2) is 5.75 Å². The van der Waals surface area contributed by atoms with Crippen molar-refractivity contribution in [3.8, 4) is 11.5 Å². The number of H-pyrrole nitrogens is 1. The molecule has 0 saturated carbocycles. The molecule has 0 atom stereocenters. The highest BCUT2D eigenvalue weighted by Gasteiger charge is 2.30. The van der Waals surface area contributed by atoms with Gasteiger partial charge in [0.1, 0.15) is 11.4 Å². The number of benzene rings is 2. The first kappa shape index (κ1) is 27.4. The summed E-state index contributed by atoms with van der Waals surface area (Å²) in [6, 6.07) is 15.7. The molecule has 4 aromatic rings. The molecule has 6 rings (SSSR count). The maximum absolute atomic E-state index is 14.1. The first-order valence-corrected chi connectivity index (χ1v) is 14.6. The molecule has 1 saturated heterocycles. The fourth-order valence-electron chi connectivity index (χ4n) is 5.88. The molecular formula is C33H36ClN5O2. The normalized spacial score (nSPS) is 17.1. The second kappa shape index (κ2) is 11.2. The molecule has 2 aromatic heterocycles. The van der Waals surface area contributed by atoms with Crippen LogP contribution in [0, 0.1) is 12.3 Å². The predicted molar refractivity (Wildman–Crippen MR) is 166 cm³/mol. The highest BCUT2D eigenvalue weighted by Crippen LogP contribution is 2.43. The van der Waals surface area contributed by atoms with Crippen molar-refractivity contribution >= 4 is 39.8 Å². The number of fused-ring (bicyclic) bond motifs is 1. The van der Waals surface area contributed by atoms with Gasteiger partial charge in [-0.1, -0.05) is 43.6 Å². The molecule has 0 spiro atoms. The number of nitrogens with one attached hydrogen (secondary N) is 3. The average molecular weight is 570 g/mol. The number of allylic oxidation sites excluding steroid dienone is 2. The third-order valence-corrected chi connectivity index (χ3v) is 8.39. The summed E-state index contributed by atoms with van der Waals surface area (Å²) in [4.78, 5) is 24.1. The van der Waals surface area contributed by atoms with Crippen molar-refractivity contribution in [3.05, 3.63) is 88.3 Å². The van der Waals surface area contributed by atoms with Gasteiger partial charge in [-0.3, -0.25) is 4.79 Å². The molecule has 0 bridgehead atoms. The summed E-state index contributed by atoms with van der Waals surface area (Å²) < 4.78 is 6.59. The Kier molecular flexibility index (Phi) is 7.49. The van der Waals surface area contributed by atoms with E-state index in [2.05, 4.69) is 46.3 Å². The molecule has 1 aliphatic carbocycles. The minimum atomic E-state index is -0.173. The highest BCUT2D eigenvalue weighted by atomic mass is 35.5. The molecule has 41 heavy (non-hydrogen) atoms. The van der Waals surface area contributed by atoms with Gasteiger partial charge in [0.25, 0.3) is 5.91 Å². The van der Waals surface area contributed by atoms with E-state index in [9.17, 15) is 4.79 Å². The molecule has 0 radical (unpaired) electrons. The van der Waals surface area contributed by atoms with E-state index in [0.29, 0.717) is 22.1 Å². The molecule has 8 heteroatoms. The Balaban J connectivity index is 1.41. The predicted octanol–water partition coefficient (Wildman–Crippen LogP) is 7.08. The minimum absolute atomic E-state index is 0.140. The number of carbonyl (C=O) groups excluding carboxylic acids is 1. The molecule has 2 aromatic carbocycles. The number of hydrogen-bond donors (Lipinski definition) is 3. The lowest BCUT2D eigenvalue weighted by molar-refractivity contribution is 0.0960. The third kappa shape index (κ3) is 5.83. The maximum Gasteiger partial charge on any atom is 0.259 e. The van der Waals surface area contributed by atoms with Crippen molar-refractivity contribution in [1.82, 2.24) is 20.6 Å². The van der Waals surface area contributed by atoms with Gasteiger partial charge in [-0.05, 0) is 78.6 Å². The summed E-state index contributed by atoms with van der Waals surface area (Å²) in [6.07, 6.45) is 6.21. The van der Waals surface area contributed by atoms with Crippen LogP contribution in [0.1, 0.15) is 54.6 Å². The van der Waals surface area contributed by atoms with Crippen LogP contribution >= 0.6 is 11.6 Å². The Labute approximate surface area is 246 Å². The summed E-state index contributed by atoms with van der Waals surface area (Å²) >= 11 is 6.19. The number of amides is 1. The second-order valence-corrected chi connectivity index (χ2v) is 12.2. The van der Waals surface area contributed by atoms with Gasteiger partial charge in [0.05, 0.1) is 17.4 Å². The lowest BCUT2D eigenvalue weighted by atomic mass is 9.74. The number of aryl methyl sites for hydroxylation is 1. The molecule has 1 amide bonds. The van der Waals surface area contributed by atoms with Crippen LogP contribution < -0.4 is 20.3 Å². The standard InChI is InChI=1S/C33H36ClN5O2/c1-21-4-9-26(32(40)38-28-10-12-33(2,3)19-27(28)22-5-7-24(34)8-6-22)30(29(21)39-16-14-35-15-17-39)41-25-18-23-11-13-36-31(23)37-20-25/h4-9,11,13,18,20,35H,10,12,14-17,19H2,1-3H3,(H,36,37)(H,38,40). The summed E-state index contributed by atoms with van der Waals surface area (Å²) in [5.74, 6) is 0.979. The van der Waals surface area contributed by atoms with Crippen molar-refractivity contribution in [2.45, 2.75) is 40.0 Å². The zero-order valence-corrected chi connectivity index (χ0v) is 24.6. The maximum atomic E-state index is 14.1. The fourth-order valence-corrected chi connectivity index (χ4v) is 6.01. The quantitative estimate of drug-likeness (QED) is 0.231. The van der Waals surface area contributed by atoms with Crippen molar-refractivity contribution in [2.24, 2.45) is 5.41 Å². The van der Waals surface area contributed by atoms with Crippen LogP contribution in [0.5, 0.6) is 11.5 Å². The summed E-state index contributed by atoms with van der Waals surface area (Å²) in [7, 11) is 0. The number of halogens is 1. The van der Waals surface area contributed by atoms with Crippen molar-refractivity contribution in [3.63, 3.8) is 0 Å². The molecular weight excluding hydrogens is 534 g/mol. The number of aromatic nitrogens is 2. The Morgan fingerprint density at radius 3 is 2.66 bits per heavy atom. The van der Waals surface area contributed by atoms with E-state index in [-0.39, 0.29) is 11.3 Å². The summed E-state index contributed by atoms with van der Waals surface area (Å²) in [6.45, 7) is 10.0. The van der Waals surface area contributed by atoms with Gasteiger partial charge < -0.3 is 25.3 Å². The Morgan fingerprint density at radius 2 is 1.88 bits per heavy atom. The van der Waals surface area contributed by atoms with E-state index in [4.69, 9.17) is 16.3 Å². The topological polar surface area (TPSA) is 82.3 Å². The molecule has 212 valence electrons. The lowest BCUT2D eigenvalue weighted by Crippen LogP contribution is -2.44. The van der Waals surface area contributed by atoms with Gasteiger partial charge in [0.2, 0.25) is 0 Å². The molecule has 3 heterocycles. The molecule has 1 fully saturated rings. The third-order valence-electron chi connectivity index (χ3n) is 8.13. The number of rotatable bonds is 6. The van der Waals surface area contributed by atoms with Gasteiger partial charge in [-0.2, -0.15) is 0 Å². The van der Waals surface area contributed by atoms with Crippen LogP contribution in [-0.4, -0.2) is 42.1 Å². The Hall–Kier alpha value is -3.81. The largest absolute Gasteiger partial charge is 0.453 e. The molecule has 2 aliphatic rings. The monoisotopic (exact) mass is 569 g/mol.